The molecule has 2 N–H and O–H groups in total. The van der Waals surface area contributed by atoms with Gasteiger partial charge >= 0.3 is 0 Å². The van der Waals surface area contributed by atoms with Gasteiger partial charge in [0, 0.05) is 26.2 Å². The summed E-state index contributed by atoms with van der Waals surface area (Å²) in [6, 6.07) is 17.9. The van der Waals surface area contributed by atoms with E-state index in [1.165, 1.54) is 11.1 Å². The van der Waals surface area contributed by atoms with E-state index in [0.717, 1.165) is 57.1 Å². The van der Waals surface area contributed by atoms with Crippen molar-refractivity contribution in [2.45, 2.75) is 102 Å². The minimum absolute atomic E-state index is 0.0792. The summed E-state index contributed by atoms with van der Waals surface area (Å²) < 4.78 is 17.7. The summed E-state index contributed by atoms with van der Waals surface area (Å²) >= 11 is 0. The normalized spacial score (nSPS) is 21.3. The van der Waals surface area contributed by atoms with E-state index in [1.807, 2.05) is 56.0 Å². The maximum atomic E-state index is 13.9. The number of piperidine rings is 1. The van der Waals surface area contributed by atoms with Crippen molar-refractivity contribution in [3.8, 4) is 0 Å². The fourth-order valence-electron chi connectivity index (χ4n) is 6.65. The van der Waals surface area contributed by atoms with Gasteiger partial charge in [-0.2, -0.15) is 0 Å². The number of benzene rings is 2. The summed E-state index contributed by atoms with van der Waals surface area (Å²) in [6.45, 7) is 8.70. The number of carbonyl (C=O) groups excluding carboxylic acids is 2. The molecular weight excluding hydrogens is 542 g/mol. The molecule has 2 aliphatic heterocycles. The Labute approximate surface area is 256 Å². The SMILES string of the molecule is C[C@H](CNC(C)(C)C(=O)N[C@H](COCc1ccccc1)C(=O)N1CCC2(CCc3ccccc32)CC1)OC1CCCCO1. The molecule has 2 aromatic carbocycles. The number of ether oxygens (including phenoxy) is 3. The summed E-state index contributed by atoms with van der Waals surface area (Å²) in [5.74, 6) is -0.321. The second kappa shape index (κ2) is 14.3. The molecule has 0 aromatic heterocycles. The number of hydrogen-bond donors (Lipinski definition) is 2. The van der Waals surface area contributed by atoms with Gasteiger partial charge in [-0.15, -0.1) is 0 Å². The molecule has 2 heterocycles. The Morgan fingerprint density at radius 3 is 2.53 bits per heavy atom. The van der Waals surface area contributed by atoms with Crippen LogP contribution in [0.2, 0.25) is 0 Å². The lowest BCUT2D eigenvalue weighted by atomic mass is 9.74. The Balaban J connectivity index is 1.19. The first-order valence-electron chi connectivity index (χ1n) is 16.1. The molecule has 1 spiro atoms. The fourth-order valence-corrected chi connectivity index (χ4v) is 6.65. The van der Waals surface area contributed by atoms with Crippen molar-refractivity contribution >= 4 is 11.8 Å². The van der Waals surface area contributed by atoms with Gasteiger partial charge in [-0.05, 0) is 87.8 Å². The van der Waals surface area contributed by atoms with Crippen LogP contribution in [0.4, 0.5) is 0 Å². The summed E-state index contributed by atoms with van der Waals surface area (Å²) in [5.41, 5.74) is 3.17. The van der Waals surface area contributed by atoms with Crippen LogP contribution in [0.25, 0.3) is 0 Å². The lowest BCUT2D eigenvalue weighted by molar-refractivity contribution is -0.183. The average molecular weight is 592 g/mol. The Kier molecular flexibility index (Phi) is 10.5. The zero-order valence-corrected chi connectivity index (χ0v) is 26.1. The molecular formula is C35H49N3O5. The number of hydrogen-bond acceptors (Lipinski definition) is 6. The van der Waals surface area contributed by atoms with Crippen LogP contribution >= 0.6 is 0 Å². The fraction of sp³-hybridized carbons (Fsp3) is 0.600. The van der Waals surface area contributed by atoms with Gasteiger partial charge in [0.05, 0.1) is 24.9 Å². The number of nitrogens with zero attached hydrogens (tertiary/aromatic N) is 1. The van der Waals surface area contributed by atoms with Crippen LogP contribution in [-0.2, 0) is 42.2 Å². The van der Waals surface area contributed by atoms with Gasteiger partial charge in [-0.1, -0.05) is 54.6 Å². The van der Waals surface area contributed by atoms with Crippen LogP contribution in [0.5, 0.6) is 0 Å². The molecule has 2 saturated heterocycles. The van der Waals surface area contributed by atoms with E-state index in [9.17, 15) is 9.59 Å². The lowest BCUT2D eigenvalue weighted by Gasteiger charge is -2.41. The Bertz CT molecular complexity index is 1200. The maximum absolute atomic E-state index is 13.9. The molecule has 1 unspecified atom stereocenters. The van der Waals surface area contributed by atoms with E-state index in [-0.39, 0.29) is 36.2 Å². The first-order valence-corrected chi connectivity index (χ1v) is 16.1. The van der Waals surface area contributed by atoms with Gasteiger partial charge in [-0.25, -0.2) is 0 Å². The van der Waals surface area contributed by atoms with E-state index in [2.05, 4.69) is 34.9 Å². The molecule has 5 rings (SSSR count). The molecule has 8 nitrogen and oxygen atoms in total. The number of nitrogens with one attached hydrogen (secondary N) is 2. The molecule has 0 saturated carbocycles. The van der Waals surface area contributed by atoms with Crippen molar-refractivity contribution < 1.29 is 23.8 Å². The van der Waals surface area contributed by atoms with Gasteiger partial charge in [0.2, 0.25) is 11.8 Å². The third-order valence-electron chi connectivity index (χ3n) is 9.41. The number of aryl methyl sites for hydroxylation is 1. The number of amides is 2. The predicted molar refractivity (Wildman–Crippen MR) is 167 cm³/mol. The van der Waals surface area contributed by atoms with Crippen LogP contribution in [0.1, 0.15) is 76.0 Å². The second-order valence-electron chi connectivity index (χ2n) is 13.0. The standard InChI is InChI=1S/C35H49N3O5/c1-26(43-31-15-9-10-22-42-31)23-36-34(2,3)33(40)37-30(25-41-24-27-11-5-4-6-12-27)32(39)38-20-18-35(19-21-38)17-16-28-13-7-8-14-29(28)35/h4-8,11-14,26,30-31,36H,9-10,15-25H2,1-3H3,(H,37,40)/t26-,30-,31?/m1/s1. The molecule has 234 valence electrons. The van der Waals surface area contributed by atoms with E-state index in [1.54, 1.807) is 0 Å². The molecule has 3 atom stereocenters. The Morgan fingerprint density at radius 2 is 1.79 bits per heavy atom. The highest BCUT2D eigenvalue weighted by molar-refractivity contribution is 5.91. The zero-order valence-electron chi connectivity index (χ0n) is 26.1. The molecule has 8 heteroatoms. The van der Waals surface area contributed by atoms with Gasteiger partial charge in [-0.3, -0.25) is 9.59 Å². The molecule has 2 amide bonds. The van der Waals surface area contributed by atoms with E-state index in [0.29, 0.717) is 26.2 Å². The minimum atomic E-state index is -0.914. The van der Waals surface area contributed by atoms with Crippen LogP contribution in [0.3, 0.4) is 0 Å². The van der Waals surface area contributed by atoms with Gasteiger partial charge in [0.1, 0.15) is 6.04 Å². The number of carbonyl (C=O) groups is 2. The molecule has 0 bridgehead atoms. The van der Waals surface area contributed by atoms with Crippen LogP contribution < -0.4 is 10.6 Å². The molecule has 1 aliphatic carbocycles. The predicted octanol–water partition coefficient (Wildman–Crippen LogP) is 4.49. The smallest absolute Gasteiger partial charge is 0.247 e. The molecule has 3 aliphatic rings. The van der Waals surface area contributed by atoms with Crippen molar-refractivity contribution in [1.29, 1.82) is 0 Å². The second-order valence-corrected chi connectivity index (χ2v) is 13.0. The molecule has 0 radical (unpaired) electrons. The van der Waals surface area contributed by atoms with Crippen molar-refractivity contribution in [3.05, 3.63) is 71.3 Å². The van der Waals surface area contributed by atoms with Crippen LogP contribution in [-0.4, -0.2) is 73.5 Å². The highest BCUT2D eigenvalue weighted by Crippen LogP contribution is 2.46. The van der Waals surface area contributed by atoms with E-state index < -0.39 is 11.6 Å². The molecule has 2 fully saturated rings. The first-order chi connectivity index (χ1) is 20.8. The largest absolute Gasteiger partial charge is 0.374 e. The summed E-state index contributed by atoms with van der Waals surface area (Å²) in [4.78, 5) is 29.4. The zero-order chi connectivity index (χ0) is 30.3. The maximum Gasteiger partial charge on any atom is 0.247 e. The number of fused-ring (bicyclic) bond motifs is 2. The van der Waals surface area contributed by atoms with Crippen LogP contribution in [0.15, 0.2) is 54.6 Å². The van der Waals surface area contributed by atoms with Gasteiger partial charge in [0.25, 0.3) is 0 Å². The molecule has 2 aromatic rings. The average Bonchev–Trinajstić information content (AvgIpc) is 3.38. The highest BCUT2D eigenvalue weighted by atomic mass is 16.7. The number of rotatable bonds is 12. The highest BCUT2D eigenvalue weighted by Gasteiger charge is 2.43. The van der Waals surface area contributed by atoms with Crippen molar-refractivity contribution in [2.24, 2.45) is 0 Å². The summed E-state index contributed by atoms with van der Waals surface area (Å²) in [7, 11) is 0. The minimum Gasteiger partial charge on any atom is -0.374 e. The molecule has 43 heavy (non-hydrogen) atoms. The number of likely N-dealkylation sites (tertiary alicyclic amines) is 1. The monoisotopic (exact) mass is 591 g/mol. The third-order valence-corrected chi connectivity index (χ3v) is 9.41. The van der Waals surface area contributed by atoms with Gasteiger partial charge < -0.3 is 29.7 Å². The summed E-state index contributed by atoms with van der Waals surface area (Å²) in [5, 5.41) is 6.38. The van der Waals surface area contributed by atoms with E-state index >= 15 is 0 Å². The van der Waals surface area contributed by atoms with Crippen molar-refractivity contribution in [3.63, 3.8) is 0 Å². The quantitative estimate of drug-likeness (QED) is 0.378. The van der Waals surface area contributed by atoms with Crippen molar-refractivity contribution in [1.82, 2.24) is 15.5 Å². The van der Waals surface area contributed by atoms with E-state index in [4.69, 9.17) is 14.2 Å². The first kappa shape index (κ1) is 31.6. The lowest BCUT2D eigenvalue weighted by Crippen LogP contribution is -2.60. The topological polar surface area (TPSA) is 89.1 Å². The van der Waals surface area contributed by atoms with Gasteiger partial charge in [0.15, 0.2) is 6.29 Å². The summed E-state index contributed by atoms with van der Waals surface area (Å²) in [6.07, 6.45) is 6.89. The van der Waals surface area contributed by atoms with Crippen molar-refractivity contribution in [2.75, 3.05) is 32.8 Å². The third kappa shape index (κ3) is 8.04. The van der Waals surface area contributed by atoms with Crippen LogP contribution in [0, 0.1) is 0 Å². The Morgan fingerprint density at radius 1 is 1.05 bits per heavy atom. The Hall–Kier alpha value is -2.78.